The molecule has 2 nitrogen and oxygen atoms in total. The minimum atomic E-state index is -0.127. The number of allylic oxidation sites excluding steroid dienone is 14. The minimum Gasteiger partial charge on any atom is -0.488 e. The molecule has 0 saturated carbocycles. The molecule has 1 heterocycles. The van der Waals surface area contributed by atoms with E-state index < -0.39 is 0 Å². The summed E-state index contributed by atoms with van der Waals surface area (Å²) in [6, 6.07) is 12.3. The Morgan fingerprint density at radius 1 is 0.826 bits per heavy atom. The third kappa shape index (κ3) is 4.41. The maximum absolute atomic E-state index is 7.35. The molecule has 6 unspecified atom stereocenters. The average molecular weight is 610 g/mol. The molecule has 2 heteroatoms. The van der Waals surface area contributed by atoms with Gasteiger partial charge in [-0.15, -0.1) is 0 Å². The van der Waals surface area contributed by atoms with Crippen molar-refractivity contribution in [3.05, 3.63) is 130 Å². The standard InChI is InChI=1S/C44H51NO/c1-30-27-28-35-34-21-11-12-23-37(34)44(39(35)29-30,31-15-5-2-6-16-31)38-24-14-26-41-42(38)36-22-13-25-40(43(36)46-41)45(32-17-7-3-8-18-32)33-19-9-4-10-20-33/h2-3,5-7,12,14-16,19,23,26,28-30,32,36,38,41-42H,4,8-11,13,17-18,20-22,24-25,27H2,1H3/t30?,32-,36?,38?,41?,42?,44?/m1/s1. The number of nitrogens with zero attached hydrogens (tertiary/aromatic N) is 1. The lowest BCUT2D eigenvalue weighted by Crippen LogP contribution is -2.46. The molecule has 1 fully saturated rings. The van der Waals surface area contributed by atoms with Gasteiger partial charge in [-0.3, -0.25) is 0 Å². The highest BCUT2D eigenvalue weighted by molar-refractivity contribution is 5.73. The molecule has 1 saturated heterocycles. The summed E-state index contributed by atoms with van der Waals surface area (Å²) in [6.45, 7) is 2.43. The average Bonchev–Trinajstić information content (AvgIpc) is 3.64. The van der Waals surface area contributed by atoms with Gasteiger partial charge in [0, 0.05) is 29.0 Å². The Morgan fingerprint density at radius 3 is 2.61 bits per heavy atom. The van der Waals surface area contributed by atoms with E-state index in [9.17, 15) is 0 Å². The Kier molecular flexibility index (Phi) is 7.40. The number of rotatable bonds is 5. The molecule has 0 amide bonds. The molecule has 1 aromatic carbocycles. The Morgan fingerprint density at radius 2 is 1.76 bits per heavy atom. The van der Waals surface area contributed by atoms with E-state index in [0.29, 0.717) is 29.7 Å². The zero-order chi connectivity index (χ0) is 30.7. The van der Waals surface area contributed by atoms with Gasteiger partial charge in [0.1, 0.15) is 11.9 Å². The van der Waals surface area contributed by atoms with Crippen molar-refractivity contribution in [2.75, 3.05) is 0 Å². The quantitative estimate of drug-likeness (QED) is 0.308. The molecule has 0 aromatic heterocycles. The van der Waals surface area contributed by atoms with Crippen molar-refractivity contribution in [2.45, 2.75) is 114 Å². The van der Waals surface area contributed by atoms with Crippen molar-refractivity contribution in [3.8, 4) is 0 Å². The first kappa shape index (κ1) is 28.9. The van der Waals surface area contributed by atoms with Crippen LogP contribution in [0.3, 0.4) is 0 Å². The largest absolute Gasteiger partial charge is 0.488 e. The summed E-state index contributed by atoms with van der Waals surface area (Å²) < 4.78 is 7.35. The Balaban J connectivity index is 1.21. The summed E-state index contributed by atoms with van der Waals surface area (Å²) in [5, 5.41) is 0. The van der Waals surface area contributed by atoms with Crippen molar-refractivity contribution in [1.29, 1.82) is 0 Å². The first-order valence-electron chi connectivity index (χ1n) is 18.8. The SMILES string of the molecule is CC1C=C2C(=CC1)C1=C(C=CCC1)C2(c1ccccc1)C1CC=CC2OC3=C(N(C4=CCCCC4)[C@@H]4CC=CCC4)CCCC3C21. The van der Waals surface area contributed by atoms with Crippen molar-refractivity contribution in [1.82, 2.24) is 4.90 Å². The lowest BCUT2D eigenvalue weighted by Gasteiger charge is -2.48. The summed E-state index contributed by atoms with van der Waals surface area (Å²) >= 11 is 0. The van der Waals surface area contributed by atoms with E-state index >= 15 is 0 Å². The van der Waals surface area contributed by atoms with Crippen molar-refractivity contribution < 1.29 is 4.74 Å². The lowest BCUT2D eigenvalue weighted by atomic mass is 9.54. The second kappa shape index (κ2) is 11.8. The molecule has 9 rings (SSSR count). The first-order valence-corrected chi connectivity index (χ1v) is 18.8. The van der Waals surface area contributed by atoms with Gasteiger partial charge in [0.25, 0.3) is 0 Å². The van der Waals surface area contributed by atoms with Gasteiger partial charge in [-0.25, -0.2) is 0 Å². The normalized spacial score (nSPS) is 36.2. The smallest absolute Gasteiger partial charge is 0.120 e. The molecular formula is C44H51NO. The molecule has 0 bridgehead atoms. The second-order valence-corrected chi connectivity index (χ2v) is 15.4. The number of fused-ring (bicyclic) bond motifs is 5. The third-order valence-corrected chi connectivity index (χ3v) is 12.9. The van der Waals surface area contributed by atoms with Crippen molar-refractivity contribution in [2.24, 2.45) is 23.7 Å². The molecule has 0 spiro atoms. The van der Waals surface area contributed by atoms with E-state index in [2.05, 4.69) is 96.8 Å². The van der Waals surface area contributed by atoms with E-state index in [4.69, 9.17) is 4.74 Å². The predicted molar refractivity (Wildman–Crippen MR) is 189 cm³/mol. The van der Waals surface area contributed by atoms with Crippen LogP contribution >= 0.6 is 0 Å². The van der Waals surface area contributed by atoms with E-state index in [1.807, 2.05) is 0 Å². The molecule has 7 atom stereocenters. The van der Waals surface area contributed by atoms with Crippen LogP contribution in [0.4, 0.5) is 0 Å². The van der Waals surface area contributed by atoms with Gasteiger partial charge in [-0.2, -0.15) is 0 Å². The van der Waals surface area contributed by atoms with E-state index in [1.54, 1.807) is 33.7 Å². The van der Waals surface area contributed by atoms with Crippen LogP contribution in [0.25, 0.3) is 0 Å². The summed E-state index contributed by atoms with van der Waals surface area (Å²) in [5.41, 5.74) is 10.9. The van der Waals surface area contributed by atoms with Crippen LogP contribution in [0, 0.1) is 23.7 Å². The zero-order valence-electron chi connectivity index (χ0n) is 27.8. The van der Waals surface area contributed by atoms with E-state index in [0.717, 1.165) is 32.1 Å². The van der Waals surface area contributed by atoms with Gasteiger partial charge >= 0.3 is 0 Å². The zero-order valence-corrected chi connectivity index (χ0v) is 27.8. The topological polar surface area (TPSA) is 12.5 Å². The van der Waals surface area contributed by atoms with Crippen LogP contribution in [0.2, 0.25) is 0 Å². The molecule has 0 N–H and O–H groups in total. The maximum atomic E-state index is 7.35. The molecule has 1 aliphatic heterocycles. The minimum absolute atomic E-state index is 0.127. The highest BCUT2D eigenvalue weighted by Gasteiger charge is 2.60. The van der Waals surface area contributed by atoms with E-state index in [-0.39, 0.29) is 11.5 Å². The van der Waals surface area contributed by atoms with Crippen LogP contribution in [0.5, 0.6) is 0 Å². The van der Waals surface area contributed by atoms with E-state index in [1.165, 1.54) is 69.1 Å². The molecule has 8 aliphatic rings. The molecule has 46 heavy (non-hydrogen) atoms. The number of benzene rings is 1. The third-order valence-electron chi connectivity index (χ3n) is 12.9. The second-order valence-electron chi connectivity index (χ2n) is 15.4. The molecule has 238 valence electrons. The fourth-order valence-electron chi connectivity index (χ4n) is 11.1. The lowest BCUT2D eigenvalue weighted by molar-refractivity contribution is 0.110. The fraction of sp³-hybridized carbons (Fsp3) is 0.500. The van der Waals surface area contributed by atoms with Crippen molar-refractivity contribution in [3.63, 3.8) is 0 Å². The number of hydrogen-bond acceptors (Lipinski definition) is 2. The summed E-state index contributed by atoms with van der Waals surface area (Å²) in [5.74, 6) is 3.37. The van der Waals surface area contributed by atoms with Gasteiger partial charge < -0.3 is 9.64 Å². The molecule has 7 aliphatic carbocycles. The summed E-state index contributed by atoms with van der Waals surface area (Å²) in [7, 11) is 0. The number of ether oxygens (including phenoxy) is 1. The summed E-state index contributed by atoms with van der Waals surface area (Å²) in [4.78, 5) is 2.85. The van der Waals surface area contributed by atoms with Crippen LogP contribution < -0.4 is 0 Å². The van der Waals surface area contributed by atoms with Crippen LogP contribution in [0.15, 0.2) is 124 Å². The number of hydrogen-bond donors (Lipinski definition) is 0. The van der Waals surface area contributed by atoms with Gasteiger partial charge in [-0.1, -0.05) is 85.9 Å². The first-order chi connectivity index (χ1) is 22.7. The van der Waals surface area contributed by atoms with Crippen LogP contribution in [-0.2, 0) is 10.2 Å². The van der Waals surface area contributed by atoms with Gasteiger partial charge in [0.15, 0.2) is 0 Å². The fourth-order valence-corrected chi connectivity index (χ4v) is 11.1. The van der Waals surface area contributed by atoms with Crippen LogP contribution in [-0.4, -0.2) is 17.0 Å². The highest BCUT2D eigenvalue weighted by atomic mass is 16.5. The predicted octanol–water partition coefficient (Wildman–Crippen LogP) is 10.9. The van der Waals surface area contributed by atoms with Crippen molar-refractivity contribution >= 4 is 0 Å². The monoisotopic (exact) mass is 609 g/mol. The van der Waals surface area contributed by atoms with Gasteiger partial charge in [0.05, 0.1) is 5.70 Å². The highest BCUT2D eigenvalue weighted by Crippen LogP contribution is 2.65. The van der Waals surface area contributed by atoms with Crippen LogP contribution in [0.1, 0.15) is 102 Å². The Labute approximate surface area is 277 Å². The maximum Gasteiger partial charge on any atom is 0.120 e. The van der Waals surface area contributed by atoms with Gasteiger partial charge in [0.2, 0.25) is 0 Å². The summed E-state index contributed by atoms with van der Waals surface area (Å²) in [6.07, 6.45) is 39.9. The van der Waals surface area contributed by atoms with Gasteiger partial charge in [-0.05, 0) is 136 Å². The molecule has 0 radical (unpaired) electrons. The Bertz CT molecular complexity index is 1630. The molecule has 1 aromatic rings. The molecular weight excluding hydrogens is 558 g/mol. The Hall–Kier alpha value is -3.26.